The van der Waals surface area contributed by atoms with E-state index in [4.69, 9.17) is 14.6 Å². The molecule has 0 bridgehead atoms. The fourth-order valence-electron chi connectivity index (χ4n) is 3.35. The van der Waals surface area contributed by atoms with Crippen LogP contribution in [0.4, 0.5) is 0 Å². The molecule has 32 heavy (non-hydrogen) atoms. The molecule has 1 aromatic heterocycles. The lowest BCUT2D eigenvalue weighted by Crippen LogP contribution is -2.38. The summed E-state index contributed by atoms with van der Waals surface area (Å²) >= 11 is 0. The lowest BCUT2D eigenvalue weighted by Gasteiger charge is -2.24. The van der Waals surface area contributed by atoms with Crippen molar-refractivity contribution in [2.24, 2.45) is 0 Å². The van der Waals surface area contributed by atoms with Gasteiger partial charge >= 0.3 is 0 Å². The predicted octanol–water partition coefficient (Wildman–Crippen LogP) is 2.91. The van der Waals surface area contributed by atoms with Crippen molar-refractivity contribution in [1.82, 2.24) is 14.8 Å². The molecule has 0 aliphatic rings. The SMILES string of the molecule is CCN(CCN(C=O)Cc1cccc(OC)c1)C(=O)c1cc2cc(OC)ccc2[nH]1.CO. The maximum Gasteiger partial charge on any atom is 0.270 e. The third kappa shape index (κ3) is 6.24. The number of nitrogens with zero attached hydrogens (tertiary/aromatic N) is 2. The minimum Gasteiger partial charge on any atom is -0.497 e. The summed E-state index contributed by atoms with van der Waals surface area (Å²) in [6.45, 7) is 3.81. The van der Waals surface area contributed by atoms with Gasteiger partial charge in [-0.25, -0.2) is 0 Å². The van der Waals surface area contributed by atoms with Gasteiger partial charge in [0, 0.05) is 44.2 Å². The van der Waals surface area contributed by atoms with E-state index in [1.54, 1.807) is 24.0 Å². The monoisotopic (exact) mass is 441 g/mol. The molecule has 1 heterocycles. The van der Waals surface area contributed by atoms with Crippen LogP contribution < -0.4 is 9.47 Å². The van der Waals surface area contributed by atoms with Crippen molar-refractivity contribution >= 4 is 23.2 Å². The van der Waals surface area contributed by atoms with Crippen LogP contribution in [-0.4, -0.2) is 73.2 Å². The summed E-state index contributed by atoms with van der Waals surface area (Å²) in [5.41, 5.74) is 2.37. The maximum absolute atomic E-state index is 13.0. The Labute approximate surface area is 188 Å². The molecule has 0 aliphatic heterocycles. The maximum atomic E-state index is 13.0. The lowest BCUT2D eigenvalue weighted by molar-refractivity contribution is -0.118. The van der Waals surface area contributed by atoms with Crippen molar-refractivity contribution in [2.45, 2.75) is 13.5 Å². The molecule has 0 fully saturated rings. The molecular formula is C24H31N3O5. The average molecular weight is 442 g/mol. The second kappa shape index (κ2) is 12.4. The van der Waals surface area contributed by atoms with Crippen molar-refractivity contribution in [3.05, 3.63) is 59.8 Å². The molecule has 0 unspecified atom stereocenters. The van der Waals surface area contributed by atoms with E-state index < -0.39 is 0 Å². The number of H-pyrrole nitrogens is 1. The number of carbonyl (C=O) groups excluding carboxylic acids is 2. The second-order valence-electron chi connectivity index (χ2n) is 6.95. The van der Waals surface area contributed by atoms with Crippen molar-refractivity contribution < 1.29 is 24.2 Å². The Kier molecular flexibility index (Phi) is 9.56. The van der Waals surface area contributed by atoms with Gasteiger partial charge in [0.2, 0.25) is 6.41 Å². The topological polar surface area (TPSA) is 95.1 Å². The number of rotatable bonds is 10. The normalized spacial score (nSPS) is 10.2. The minimum absolute atomic E-state index is 0.0973. The van der Waals surface area contributed by atoms with Crippen LogP contribution >= 0.6 is 0 Å². The van der Waals surface area contributed by atoms with Gasteiger partial charge < -0.3 is 29.4 Å². The quantitative estimate of drug-likeness (QED) is 0.472. The molecule has 0 radical (unpaired) electrons. The Morgan fingerprint density at radius 1 is 1.03 bits per heavy atom. The van der Waals surface area contributed by atoms with E-state index in [0.717, 1.165) is 41.5 Å². The Balaban J connectivity index is 0.00000176. The van der Waals surface area contributed by atoms with Gasteiger partial charge in [-0.15, -0.1) is 0 Å². The largest absolute Gasteiger partial charge is 0.497 e. The third-order valence-corrected chi connectivity index (χ3v) is 5.05. The Morgan fingerprint density at radius 3 is 2.41 bits per heavy atom. The number of aliphatic hydroxyl groups excluding tert-OH is 1. The molecule has 2 amide bonds. The zero-order valence-electron chi connectivity index (χ0n) is 19.0. The molecule has 0 atom stereocenters. The number of benzene rings is 2. The van der Waals surface area contributed by atoms with Gasteiger partial charge in [0.15, 0.2) is 0 Å². The van der Waals surface area contributed by atoms with Crippen LogP contribution in [0.3, 0.4) is 0 Å². The minimum atomic E-state index is -0.0973. The van der Waals surface area contributed by atoms with E-state index in [-0.39, 0.29) is 5.91 Å². The van der Waals surface area contributed by atoms with Crippen molar-refractivity contribution in [1.29, 1.82) is 0 Å². The van der Waals surface area contributed by atoms with Crippen LogP contribution in [0.15, 0.2) is 48.5 Å². The van der Waals surface area contributed by atoms with Crippen LogP contribution in [0.25, 0.3) is 10.9 Å². The lowest BCUT2D eigenvalue weighted by atomic mass is 10.2. The molecule has 2 N–H and O–H groups in total. The highest BCUT2D eigenvalue weighted by atomic mass is 16.5. The van der Waals surface area contributed by atoms with Crippen LogP contribution in [0.2, 0.25) is 0 Å². The molecule has 3 rings (SSSR count). The molecule has 0 aliphatic carbocycles. The van der Waals surface area contributed by atoms with E-state index in [9.17, 15) is 9.59 Å². The number of hydrogen-bond donors (Lipinski definition) is 2. The van der Waals surface area contributed by atoms with E-state index in [0.29, 0.717) is 31.9 Å². The number of nitrogens with one attached hydrogen (secondary N) is 1. The summed E-state index contributed by atoms with van der Waals surface area (Å²) in [6.07, 6.45) is 0.813. The van der Waals surface area contributed by atoms with Crippen molar-refractivity contribution in [3.63, 3.8) is 0 Å². The molecule has 172 valence electrons. The molecule has 2 aromatic carbocycles. The summed E-state index contributed by atoms with van der Waals surface area (Å²) in [4.78, 5) is 31.1. The molecule has 8 heteroatoms. The first-order valence-electron chi connectivity index (χ1n) is 10.3. The Morgan fingerprint density at radius 2 is 1.75 bits per heavy atom. The standard InChI is InChI=1S/C23H27N3O4.CH4O/c1-4-26(11-10-25(16-27)15-17-6-5-7-19(12-17)29-2)23(28)22-14-18-13-20(30-3)8-9-21(18)24-22;1-2/h5-9,12-14,16,24H,4,10-11,15H2,1-3H3;2H,1H3. The fourth-order valence-corrected chi connectivity index (χ4v) is 3.35. The predicted molar refractivity (Wildman–Crippen MR) is 124 cm³/mol. The number of carbonyl (C=O) groups is 2. The van der Waals surface area contributed by atoms with Crippen LogP contribution in [0.5, 0.6) is 11.5 Å². The average Bonchev–Trinajstić information content (AvgIpc) is 3.28. The van der Waals surface area contributed by atoms with E-state index in [2.05, 4.69) is 4.98 Å². The molecule has 8 nitrogen and oxygen atoms in total. The summed E-state index contributed by atoms with van der Waals surface area (Å²) in [5.74, 6) is 1.39. The zero-order valence-corrected chi connectivity index (χ0v) is 19.0. The van der Waals surface area contributed by atoms with Crippen molar-refractivity contribution in [3.8, 4) is 11.5 Å². The highest BCUT2D eigenvalue weighted by Gasteiger charge is 2.18. The summed E-state index contributed by atoms with van der Waals surface area (Å²) in [6, 6.07) is 15.1. The Hall–Kier alpha value is -3.52. The van der Waals surface area contributed by atoms with Gasteiger partial charge in [0.1, 0.15) is 17.2 Å². The number of ether oxygens (including phenoxy) is 2. The molecule has 3 aromatic rings. The summed E-state index contributed by atoms with van der Waals surface area (Å²) < 4.78 is 10.5. The second-order valence-corrected chi connectivity index (χ2v) is 6.95. The van der Waals surface area contributed by atoms with Crippen LogP contribution in [-0.2, 0) is 11.3 Å². The van der Waals surface area contributed by atoms with Gasteiger partial charge in [-0.1, -0.05) is 12.1 Å². The fraction of sp³-hybridized carbons (Fsp3) is 0.333. The zero-order chi connectivity index (χ0) is 23.5. The van der Waals surface area contributed by atoms with Gasteiger partial charge in [0.25, 0.3) is 5.91 Å². The Bertz CT molecular complexity index is 1020. The number of hydrogen-bond acceptors (Lipinski definition) is 5. The first kappa shape index (κ1) is 24.7. The number of amides is 2. The number of aromatic nitrogens is 1. The van der Waals surface area contributed by atoms with Crippen LogP contribution in [0.1, 0.15) is 23.0 Å². The van der Waals surface area contributed by atoms with E-state index in [1.807, 2.05) is 55.5 Å². The molecule has 0 saturated heterocycles. The van der Waals surface area contributed by atoms with Gasteiger partial charge in [-0.3, -0.25) is 9.59 Å². The molecule has 0 spiro atoms. The van der Waals surface area contributed by atoms with Crippen molar-refractivity contribution in [2.75, 3.05) is 41.0 Å². The van der Waals surface area contributed by atoms with Gasteiger partial charge in [0.05, 0.1) is 14.2 Å². The molecule has 0 saturated carbocycles. The number of fused-ring (bicyclic) bond motifs is 1. The molecular weight excluding hydrogens is 410 g/mol. The third-order valence-electron chi connectivity index (χ3n) is 5.05. The van der Waals surface area contributed by atoms with Gasteiger partial charge in [-0.05, 0) is 48.9 Å². The van der Waals surface area contributed by atoms with Gasteiger partial charge in [-0.2, -0.15) is 0 Å². The van der Waals surface area contributed by atoms with E-state index in [1.165, 1.54) is 0 Å². The first-order valence-corrected chi connectivity index (χ1v) is 10.3. The highest BCUT2D eigenvalue weighted by molar-refractivity contribution is 5.98. The first-order chi connectivity index (χ1) is 15.6. The van der Waals surface area contributed by atoms with Crippen LogP contribution in [0, 0.1) is 0 Å². The number of likely N-dealkylation sites (N-methyl/N-ethyl adjacent to an activating group) is 1. The highest BCUT2D eigenvalue weighted by Crippen LogP contribution is 2.22. The van der Waals surface area contributed by atoms with E-state index >= 15 is 0 Å². The summed E-state index contributed by atoms with van der Waals surface area (Å²) in [7, 11) is 4.23. The smallest absolute Gasteiger partial charge is 0.270 e. The number of aliphatic hydroxyl groups is 1. The number of aromatic amines is 1. The summed E-state index contributed by atoms with van der Waals surface area (Å²) in [5, 5.41) is 7.92. The number of methoxy groups -OCH3 is 2.